The van der Waals surface area contributed by atoms with Crippen molar-refractivity contribution >= 4 is 26.9 Å². The van der Waals surface area contributed by atoms with Crippen LogP contribution in [0, 0.1) is 0 Å². The highest BCUT2D eigenvalue weighted by atomic mass is 32.2. The lowest BCUT2D eigenvalue weighted by atomic mass is 10.2. The summed E-state index contributed by atoms with van der Waals surface area (Å²) in [5, 5.41) is 5.48. The summed E-state index contributed by atoms with van der Waals surface area (Å²) < 4.78 is 23.9. The third kappa shape index (κ3) is 4.58. The molecule has 5 heteroatoms. The van der Waals surface area contributed by atoms with Crippen molar-refractivity contribution in [3.8, 4) is 0 Å². The Bertz CT molecular complexity index is 646. The fourth-order valence-electron chi connectivity index (χ4n) is 2.21. The first-order valence-corrected chi connectivity index (χ1v) is 9.66. The maximum Gasteiger partial charge on any atom is 0.178 e. The van der Waals surface area contributed by atoms with Crippen LogP contribution in [0.5, 0.6) is 0 Å². The Balaban J connectivity index is 1.99. The van der Waals surface area contributed by atoms with Crippen molar-refractivity contribution in [2.75, 3.05) is 11.1 Å². The predicted octanol–water partition coefficient (Wildman–Crippen LogP) is 3.97. The Morgan fingerprint density at radius 3 is 2.48 bits per heavy atom. The van der Waals surface area contributed by atoms with Gasteiger partial charge in [-0.25, -0.2) is 8.42 Å². The van der Waals surface area contributed by atoms with E-state index in [9.17, 15) is 8.42 Å². The van der Waals surface area contributed by atoms with E-state index in [2.05, 4.69) is 29.8 Å². The van der Waals surface area contributed by atoms with E-state index in [1.165, 1.54) is 4.88 Å². The van der Waals surface area contributed by atoms with Crippen LogP contribution >= 0.6 is 11.3 Å². The van der Waals surface area contributed by atoms with Gasteiger partial charge in [-0.3, -0.25) is 0 Å². The quantitative estimate of drug-likeness (QED) is 0.838. The highest BCUT2D eigenvalue weighted by Gasteiger charge is 2.13. The number of thiophene rings is 1. The molecule has 1 aromatic carbocycles. The summed E-state index contributed by atoms with van der Waals surface area (Å²) in [5.74, 6) is 0.203. The SMILES string of the molecule is CCCS(=O)(=O)c1ccc(NC(C)Cc2cccs2)cc1. The average Bonchev–Trinajstić information content (AvgIpc) is 2.92. The summed E-state index contributed by atoms with van der Waals surface area (Å²) >= 11 is 1.75. The normalized spacial score (nSPS) is 13.0. The molecule has 114 valence electrons. The minimum atomic E-state index is -3.12. The van der Waals surface area contributed by atoms with Gasteiger partial charge in [0.05, 0.1) is 10.6 Å². The van der Waals surface area contributed by atoms with Gasteiger partial charge in [-0.15, -0.1) is 11.3 Å². The second-order valence-electron chi connectivity index (χ2n) is 5.17. The van der Waals surface area contributed by atoms with Crippen molar-refractivity contribution in [2.24, 2.45) is 0 Å². The number of hydrogen-bond donors (Lipinski definition) is 1. The van der Waals surface area contributed by atoms with E-state index in [1.807, 2.05) is 19.1 Å². The van der Waals surface area contributed by atoms with Crippen molar-refractivity contribution in [3.05, 3.63) is 46.7 Å². The Morgan fingerprint density at radius 1 is 1.19 bits per heavy atom. The van der Waals surface area contributed by atoms with Gasteiger partial charge in [0, 0.05) is 23.0 Å². The van der Waals surface area contributed by atoms with Gasteiger partial charge >= 0.3 is 0 Å². The molecule has 1 N–H and O–H groups in total. The number of sulfone groups is 1. The van der Waals surface area contributed by atoms with Gasteiger partial charge in [-0.05, 0) is 49.1 Å². The van der Waals surface area contributed by atoms with Gasteiger partial charge in [-0.1, -0.05) is 13.0 Å². The van der Waals surface area contributed by atoms with Crippen LogP contribution in [0.15, 0.2) is 46.7 Å². The summed E-state index contributed by atoms with van der Waals surface area (Å²) in [6, 6.07) is 11.5. The molecule has 2 rings (SSSR count). The summed E-state index contributed by atoms with van der Waals surface area (Å²) in [5.41, 5.74) is 0.953. The van der Waals surface area contributed by atoms with Crippen LogP contribution in [0.3, 0.4) is 0 Å². The van der Waals surface area contributed by atoms with E-state index in [1.54, 1.807) is 23.5 Å². The number of rotatable bonds is 7. The molecule has 0 spiro atoms. The van der Waals surface area contributed by atoms with Crippen LogP contribution in [0.25, 0.3) is 0 Å². The smallest absolute Gasteiger partial charge is 0.178 e. The Morgan fingerprint density at radius 2 is 1.90 bits per heavy atom. The monoisotopic (exact) mass is 323 g/mol. The first-order chi connectivity index (χ1) is 10.0. The summed E-state index contributed by atoms with van der Waals surface area (Å²) in [7, 11) is -3.12. The molecule has 3 nitrogen and oxygen atoms in total. The molecule has 2 aromatic rings. The maximum atomic E-state index is 12.0. The fraction of sp³-hybridized carbons (Fsp3) is 0.375. The highest BCUT2D eigenvalue weighted by molar-refractivity contribution is 7.91. The summed E-state index contributed by atoms with van der Waals surface area (Å²) in [4.78, 5) is 1.75. The van der Waals surface area contributed by atoms with E-state index in [0.717, 1.165) is 12.1 Å². The van der Waals surface area contributed by atoms with Crippen molar-refractivity contribution in [3.63, 3.8) is 0 Å². The van der Waals surface area contributed by atoms with Crippen molar-refractivity contribution in [2.45, 2.75) is 37.6 Å². The molecule has 0 bridgehead atoms. The van der Waals surface area contributed by atoms with Gasteiger partial charge in [0.25, 0.3) is 0 Å². The Hall–Kier alpha value is -1.33. The molecule has 1 atom stereocenters. The number of benzene rings is 1. The largest absolute Gasteiger partial charge is 0.382 e. The number of hydrogen-bond acceptors (Lipinski definition) is 4. The van der Waals surface area contributed by atoms with Crippen molar-refractivity contribution in [1.29, 1.82) is 0 Å². The topological polar surface area (TPSA) is 46.2 Å². The van der Waals surface area contributed by atoms with E-state index in [0.29, 0.717) is 17.4 Å². The van der Waals surface area contributed by atoms with Gasteiger partial charge in [0.2, 0.25) is 0 Å². The first-order valence-electron chi connectivity index (χ1n) is 7.13. The van der Waals surface area contributed by atoms with Crippen LogP contribution in [-0.4, -0.2) is 20.2 Å². The van der Waals surface area contributed by atoms with Crippen molar-refractivity contribution in [1.82, 2.24) is 0 Å². The zero-order valence-corrected chi connectivity index (χ0v) is 14.0. The zero-order chi connectivity index (χ0) is 15.3. The molecule has 0 saturated carbocycles. The summed E-state index contributed by atoms with van der Waals surface area (Å²) in [6.07, 6.45) is 1.60. The van der Waals surface area contributed by atoms with Crippen LogP contribution in [0.2, 0.25) is 0 Å². The molecule has 0 amide bonds. The predicted molar refractivity (Wildman–Crippen MR) is 89.9 cm³/mol. The molecular weight excluding hydrogens is 302 g/mol. The van der Waals surface area contributed by atoms with E-state index in [-0.39, 0.29) is 5.75 Å². The van der Waals surface area contributed by atoms with E-state index < -0.39 is 9.84 Å². The third-order valence-electron chi connectivity index (χ3n) is 3.19. The van der Waals surface area contributed by atoms with Gasteiger partial charge < -0.3 is 5.32 Å². The number of anilines is 1. The standard InChI is InChI=1S/C16H21NO2S2/c1-3-11-21(18,19)16-8-6-14(7-9-16)17-13(2)12-15-5-4-10-20-15/h4-10,13,17H,3,11-12H2,1-2H3. The Kier molecular flexibility index (Phi) is 5.42. The second kappa shape index (κ2) is 7.09. The van der Waals surface area contributed by atoms with Crippen molar-refractivity contribution < 1.29 is 8.42 Å². The fourth-order valence-corrected chi connectivity index (χ4v) is 4.37. The van der Waals surface area contributed by atoms with E-state index in [4.69, 9.17) is 0 Å². The summed E-state index contributed by atoms with van der Waals surface area (Å²) in [6.45, 7) is 4.00. The molecular formula is C16H21NO2S2. The molecule has 1 aromatic heterocycles. The van der Waals surface area contributed by atoms with Crippen LogP contribution in [0.1, 0.15) is 25.1 Å². The maximum absolute atomic E-state index is 12.0. The van der Waals surface area contributed by atoms with Gasteiger partial charge in [0.15, 0.2) is 9.84 Å². The van der Waals surface area contributed by atoms with E-state index >= 15 is 0 Å². The number of nitrogens with one attached hydrogen (secondary N) is 1. The molecule has 0 aliphatic heterocycles. The molecule has 0 aliphatic rings. The lowest BCUT2D eigenvalue weighted by molar-refractivity contribution is 0.595. The molecule has 0 saturated heterocycles. The lowest BCUT2D eigenvalue weighted by Gasteiger charge is -2.14. The molecule has 1 unspecified atom stereocenters. The third-order valence-corrected chi connectivity index (χ3v) is 6.02. The lowest BCUT2D eigenvalue weighted by Crippen LogP contribution is -2.17. The van der Waals surface area contributed by atoms with Gasteiger partial charge in [-0.2, -0.15) is 0 Å². The first kappa shape index (κ1) is 16.0. The molecule has 21 heavy (non-hydrogen) atoms. The molecule has 0 radical (unpaired) electrons. The molecule has 0 fully saturated rings. The molecule has 0 aliphatic carbocycles. The minimum Gasteiger partial charge on any atom is -0.382 e. The molecule has 1 heterocycles. The minimum absolute atomic E-state index is 0.203. The zero-order valence-electron chi connectivity index (χ0n) is 12.4. The van der Waals surface area contributed by atoms with Crippen LogP contribution in [0.4, 0.5) is 5.69 Å². The van der Waals surface area contributed by atoms with Gasteiger partial charge in [0.1, 0.15) is 0 Å². The average molecular weight is 323 g/mol. The Labute approximate surface area is 130 Å². The second-order valence-corrected chi connectivity index (χ2v) is 8.31. The van der Waals surface area contributed by atoms with Crippen LogP contribution < -0.4 is 5.32 Å². The van der Waals surface area contributed by atoms with Crippen LogP contribution in [-0.2, 0) is 16.3 Å². The highest BCUT2D eigenvalue weighted by Crippen LogP contribution is 2.18.